The van der Waals surface area contributed by atoms with Crippen molar-refractivity contribution in [2.45, 2.75) is 69.6 Å². The SMILES string of the molecule is CCOC1CC(NC(=NC)NCC2(O)CCSC2)C12CCCCC2. The first-order valence-corrected chi connectivity index (χ1v) is 10.7. The van der Waals surface area contributed by atoms with Gasteiger partial charge in [-0.25, -0.2) is 0 Å². The second-order valence-corrected chi connectivity index (χ2v) is 8.73. The Morgan fingerprint density at radius 3 is 2.71 bits per heavy atom. The number of guanidine groups is 1. The van der Waals surface area contributed by atoms with Crippen molar-refractivity contribution in [3.05, 3.63) is 0 Å². The highest BCUT2D eigenvalue weighted by Gasteiger charge is 2.55. The third kappa shape index (κ3) is 3.70. The van der Waals surface area contributed by atoms with Gasteiger partial charge in [0, 0.05) is 37.4 Å². The van der Waals surface area contributed by atoms with Crippen molar-refractivity contribution in [3.8, 4) is 0 Å². The van der Waals surface area contributed by atoms with Gasteiger partial charge < -0.3 is 20.5 Å². The molecular formula is C18H33N3O2S. The zero-order valence-corrected chi connectivity index (χ0v) is 16.0. The van der Waals surface area contributed by atoms with Gasteiger partial charge in [0.15, 0.2) is 5.96 Å². The summed E-state index contributed by atoms with van der Waals surface area (Å²) in [4.78, 5) is 4.39. The number of rotatable bonds is 5. The van der Waals surface area contributed by atoms with Crippen LogP contribution in [0.2, 0.25) is 0 Å². The van der Waals surface area contributed by atoms with Gasteiger partial charge in [-0.15, -0.1) is 0 Å². The van der Waals surface area contributed by atoms with Gasteiger partial charge in [0.25, 0.3) is 0 Å². The normalized spacial score (nSPS) is 35.7. The predicted molar refractivity (Wildman–Crippen MR) is 101 cm³/mol. The molecule has 24 heavy (non-hydrogen) atoms. The van der Waals surface area contributed by atoms with E-state index in [1.54, 1.807) is 0 Å². The molecule has 0 radical (unpaired) electrons. The van der Waals surface area contributed by atoms with Crippen molar-refractivity contribution >= 4 is 17.7 Å². The Morgan fingerprint density at radius 2 is 2.08 bits per heavy atom. The number of hydrogen-bond donors (Lipinski definition) is 3. The van der Waals surface area contributed by atoms with Crippen molar-refractivity contribution in [2.24, 2.45) is 10.4 Å². The molecule has 3 fully saturated rings. The molecule has 1 heterocycles. The molecule has 0 aromatic heterocycles. The zero-order valence-electron chi connectivity index (χ0n) is 15.1. The number of ether oxygens (including phenoxy) is 1. The van der Waals surface area contributed by atoms with Gasteiger partial charge in [-0.2, -0.15) is 11.8 Å². The van der Waals surface area contributed by atoms with E-state index >= 15 is 0 Å². The van der Waals surface area contributed by atoms with Crippen molar-refractivity contribution in [2.75, 3.05) is 31.7 Å². The first-order valence-electron chi connectivity index (χ1n) is 9.51. The predicted octanol–water partition coefficient (Wildman–Crippen LogP) is 2.15. The molecule has 5 nitrogen and oxygen atoms in total. The lowest BCUT2D eigenvalue weighted by Crippen LogP contribution is -2.67. The lowest BCUT2D eigenvalue weighted by molar-refractivity contribution is -0.145. The highest BCUT2D eigenvalue weighted by Crippen LogP contribution is 2.53. The number of aliphatic hydroxyl groups is 1. The van der Waals surface area contributed by atoms with Crippen molar-refractivity contribution < 1.29 is 9.84 Å². The Labute approximate surface area is 150 Å². The van der Waals surface area contributed by atoms with Crippen LogP contribution in [0.4, 0.5) is 0 Å². The highest BCUT2D eigenvalue weighted by molar-refractivity contribution is 7.99. The van der Waals surface area contributed by atoms with Crippen LogP contribution in [0, 0.1) is 5.41 Å². The lowest BCUT2D eigenvalue weighted by atomic mass is 9.55. The molecule has 3 atom stereocenters. The third-order valence-corrected chi connectivity index (χ3v) is 7.37. The average Bonchev–Trinajstić information content (AvgIpc) is 3.04. The molecule has 6 heteroatoms. The van der Waals surface area contributed by atoms with E-state index in [0.717, 1.165) is 36.9 Å². The summed E-state index contributed by atoms with van der Waals surface area (Å²) in [5.74, 6) is 2.69. The third-order valence-electron chi connectivity index (χ3n) is 6.14. The Kier molecular flexibility index (Phi) is 5.98. The molecule has 1 spiro atoms. The monoisotopic (exact) mass is 355 g/mol. The number of nitrogens with zero attached hydrogens (tertiary/aromatic N) is 1. The van der Waals surface area contributed by atoms with Crippen molar-refractivity contribution in [1.82, 2.24) is 10.6 Å². The minimum Gasteiger partial charge on any atom is -0.387 e. The zero-order chi connectivity index (χ0) is 17.0. The number of thioether (sulfide) groups is 1. The molecule has 3 N–H and O–H groups in total. The van der Waals surface area contributed by atoms with E-state index in [2.05, 4.69) is 22.5 Å². The molecule has 0 aromatic carbocycles. The van der Waals surface area contributed by atoms with Gasteiger partial charge >= 0.3 is 0 Å². The molecule has 138 valence electrons. The van der Waals surface area contributed by atoms with Crippen LogP contribution in [-0.4, -0.2) is 60.5 Å². The Bertz CT molecular complexity index is 446. The minimum atomic E-state index is -0.585. The maximum atomic E-state index is 10.5. The minimum absolute atomic E-state index is 0.284. The fraction of sp³-hybridized carbons (Fsp3) is 0.944. The first-order chi connectivity index (χ1) is 11.6. The quantitative estimate of drug-likeness (QED) is 0.521. The van der Waals surface area contributed by atoms with Gasteiger partial charge in [-0.3, -0.25) is 4.99 Å². The van der Waals surface area contributed by atoms with Gasteiger partial charge in [0.2, 0.25) is 0 Å². The van der Waals surface area contributed by atoms with Crippen molar-refractivity contribution in [3.63, 3.8) is 0 Å². The molecule has 3 aliphatic rings. The second-order valence-electron chi connectivity index (χ2n) is 7.62. The average molecular weight is 356 g/mol. The molecular weight excluding hydrogens is 322 g/mol. The fourth-order valence-corrected chi connectivity index (χ4v) is 5.90. The summed E-state index contributed by atoms with van der Waals surface area (Å²) >= 11 is 1.83. The first kappa shape index (κ1) is 18.3. The Hall–Kier alpha value is -0.460. The lowest BCUT2D eigenvalue weighted by Gasteiger charge is -2.58. The highest BCUT2D eigenvalue weighted by atomic mass is 32.2. The van der Waals surface area contributed by atoms with Crippen LogP contribution in [0.1, 0.15) is 51.9 Å². The van der Waals surface area contributed by atoms with E-state index in [-0.39, 0.29) is 5.41 Å². The summed E-state index contributed by atoms with van der Waals surface area (Å²) in [5.41, 5.74) is -0.301. The topological polar surface area (TPSA) is 65.9 Å². The molecule has 3 unspecified atom stereocenters. The largest absolute Gasteiger partial charge is 0.387 e. The van der Waals surface area contributed by atoms with Crippen LogP contribution < -0.4 is 10.6 Å². The molecule has 0 amide bonds. The van der Waals surface area contributed by atoms with Crippen LogP contribution >= 0.6 is 11.8 Å². The fourth-order valence-electron chi connectivity index (χ4n) is 4.61. The second kappa shape index (κ2) is 7.83. The summed E-state index contributed by atoms with van der Waals surface area (Å²) in [6.07, 6.45) is 8.81. The number of aliphatic imine (C=N–C) groups is 1. The summed E-state index contributed by atoms with van der Waals surface area (Å²) in [5, 5.41) is 17.5. The summed E-state index contributed by atoms with van der Waals surface area (Å²) in [7, 11) is 1.81. The Balaban J connectivity index is 1.57. The van der Waals surface area contributed by atoms with Gasteiger partial charge in [0.05, 0.1) is 11.7 Å². The standard InChI is InChI=1S/C18H33N3O2S/c1-3-23-15-11-14(18(15)7-5-4-6-8-18)21-16(19-2)20-12-17(22)9-10-24-13-17/h14-15,22H,3-13H2,1-2H3,(H2,19,20,21). The van der Waals surface area contributed by atoms with Crippen LogP contribution in [0.3, 0.4) is 0 Å². The van der Waals surface area contributed by atoms with E-state index in [4.69, 9.17) is 4.74 Å². The maximum absolute atomic E-state index is 10.5. The van der Waals surface area contributed by atoms with Gasteiger partial charge in [-0.05, 0) is 38.4 Å². The summed E-state index contributed by atoms with van der Waals surface area (Å²) < 4.78 is 6.03. The van der Waals surface area contributed by atoms with E-state index in [1.807, 2.05) is 18.8 Å². The molecule has 0 aromatic rings. The van der Waals surface area contributed by atoms with Crippen LogP contribution in [0.15, 0.2) is 4.99 Å². The number of hydrogen-bond acceptors (Lipinski definition) is 4. The van der Waals surface area contributed by atoms with E-state index in [9.17, 15) is 5.11 Å². The van der Waals surface area contributed by atoms with Gasteiger partial charge in [-0.1, -0.05) is 19.3 Å². The number of nitrogens with one attached hydrogen (secondary N) is 2. The molecule has 1 saturated heterocycles. The molecule has 2 saturated carbocycles. The molecule has 0 bridgehead atoms. The van der Waals surface area contributed by atoms with E-state index in [1.165, 1.54) is 32.1 Å². The van der Waals surface area contributed by atoms with Crippen molar-refractivity contribution in [1.29, 1.82) is 0 Å². The molecule has 3 rings (SSSR count). The summed E-state index contributed by atoms with van der Waals surface area (Å²) in [6.45, 7) is 3.48. The Morgan fingerprint density at radius 1 is 1.29 bits per heavy atom. The smallest absolute Gasteiger partial charge is 0.191 e. The van der Waals surface area contributed by atoms with Crippen LogP contribution in [0.5, 0.6) is 0 Å². The maximum Gasteiger partial charge on any atom is 0.191 e. The molecule has 1 aliphatic heterocycles. The molecule has 2 aliphatic carbocycles. The summed E-state index contributed by atoms with van der Waals surface area (Å²) in [6, 6.07) is 0.438. The van der Waals surface area contributed by atoms with Crippen LogP contribution in [-0.2, 0) is 4.74 Å². The van der Waals surface area contributed by atoms with Crippen LogP contribution in [0.25, 0.3) is 0 Å². The van der Waals surface area contributed by atoms with E-state index < -0.39 is 5.60 Å². The van der Waals surface area contributed by atoms with E-state index in [0.29, 0.717) is 18.7 Å². The van der Waals surface area contributed by atoms with Gasteiger partial charge in [0.1, 0.15) is 0 Å².